The maximum Gasteiger partial charge on any atom is 0.0791 e. The number of hydrogen-bond donors (Lipinski definition) is 3. The van der Waals surface area contributed by atoms with Gasteiger partial charge in [-0.25, -0.2) is 0 Å². The van der Waals surface area contributed by atoms with E-state index in [9.17, 15) is 5.11 Å². The Labute approximate surface area is 92.3 Å². The number of aliphatic hydroxyl groups is 2. The molecule has 4 heteroatoms. The summed E-state index contributed by atoms with van der Waals surface area (Å²) < 4.78 is 0. The molecule has 1 fully saturated rings. The molecule has 4 nitrogen and oxygen atoms in total. The van der Waals surface area contributed by atoms with E-state index in [1.54, 1.807) is 0 Å². The first kappa shape index (κ1) is 12.9. The standard InChI is InChI=1S/C11H24N2O2/c1-11(2,9-14)12-7-10(15)8-13-5-3-4-6-13/h10,12,14-15H,3-9H2,1-2H3. The molecule has 90 valence electrons. The second kappa shape index (κ2) is 5.80. The van der Waals surface area contributed by atoms with Gasteiger partial charge < -0.3 is 20.4 Å². The fourth-order valence-corrected chi connectivity index (χ4v) is 1.78. The van der Waals surface area contributed by atoms with Crippen molar-refractivity contribution in [2.75, 3.05) is 32.8 Å². The zero-order valence-corrected chi connectivity index (χ0v) is 9.87. The van der Waals surface area contributed by atoms with Gasteiger partial charge in [-0.2, -0.15) is 0 Å². The van der Waals surface area contributed by atoms with Crippen LogP contribution in [0.2, 0.25) is 0 Å². The summed E-state index contributed by atoms with van der Waals surface area (Å²) in [5, 5.41) is 22.0. The van der Waals surface area contributed by atoms with E-state index in [1.807, 2.05) is 13.8 Å². The van der Waals surface area contributed by atoms with Gasteiger partial charge in [0.15, 0.2) is 0 Å². The minimum Gasteiger partial charge on any atom is -0.394 e. The summed E-state index contributed by atoms with van der Waals surface area (Å²) in [6.45, 7) is 7.45. The van der Waals surface area contributed by atoms with E-state index in [0.717, 1.165) is 19.6 Å². The summed E-state index contributed by atoms with van der Waals surface area (Å²) in [6, 6.07) is 0. The molecule has 1 unspecified atom stereocenters. The van der Waals surface area contributed by atoms with Gasteiger partial charge in [-0.1, -0.05) is 0 Å². The smallest absolute Gasteiger partial charge is 0.0791 e. The number of likely N-dealkylation sites (tertiary alicyclic amines) is 1. The highest BCUT2D eigenvalue weighted by Crippen LogP contribution is 2.08. The number of hydrogen-bond acceptors (Lipinski definition) is 4. The van der Waals surface area contributed by atoms with E-state index in [-0.39, 0.29) is 18.2 Å². The van der Waals surface area contributed by atoms with E-state index in [2.05, 4.69) is 10.2 Å². The van der Waals surface area contributed by atoms with Gasteiger partial charge in [0.05, 0.1) is 12.7 Å². The van der Waals surface area contributed by atoms with Crippen molar-refractivity contribution in [2.45, 2.75) is 38.3 Å². The Morgan fingerprint density at radius 1 is 1.33 bits per heavy atom. The second-order valence-electron chi connectivity index (χ2n) is 5.08. The Bertz CT molecular complexity index is 179. The average molecular weight is 216 g/mol. The molecule has 3 N–H and O–H groups in total. The van der Waals surface area contributed by atoms with Crippen LogP contribution in [0.15, 0.2) is 0 Å². The van der Waals surface area contributed by atoms with Gasteiger partial charge in [0, 0.05) is 18.6 Å². The van der Waals surface area contributed by atoms with E-state index in [4.69, 9.17) is 5.11 Å². The highest BCUT2D eigenvalue weighted by atomic mass is 16.3. The maximum atomic E-state index is 9.78. The maximum absolute atomic E-state index is 9.78. The average Bonchev–Trinajstić information content (AvgIpc) is 2.68. The zero-order chi connectivity index (χ0) is 11.3. The van der Waals surface area contributed by atoms with Crippen molar-refractivity contribution in [1.29, 1.82) is 0 Å². The molecule has 1 saturated heterocycles. The van der Waals surface area contributed by atoms with Crippen molar-refractivity contribution >= 4 is 0 Å². The molecule has 0 bridgehead atoms. The van der Waals surface area contributed by atoms with Crippen LogP contribution >= 0.6 is 0 Å². The molecule has 1 aliphatic heterocycles. The first-order valence-corrected chi connectivity index (χ1v) is 5.80. The lowest BCUT2D eigenvalue weighted by Gasteiger charge is -2.27. The summed E-state index contributed by atoms with van der Waals surface area (Å²) in [5.74, 6) is 0. The molecule has 0 radical (unpaired) electrons. The van der Waals surface area contributed by atoms with Crippen LogP contribution in [0.1, 0.15) is 26.7 Å². The minimum absolute atomic E-state index is 0.0867. The Morgan fingerprint density at radius 2 is 1.93 bits per heavy atom. The lowest BCUT2D eigenvalue weighted by Crippen LogP contribution is -2.48. The van der Waals surface area contributed by atoms with Crippen molar-refractivity contribution in [2.24, 2.45) is 0 Å². The fourth-order valence-electron chi connectivity index (χ4n) is 1.78. The predicted molar refractivity (Wildman–Crippen MR) is 60.8 cm³/mol. The molecule has 0 aliphatic carbocycles. The molecular weight excluding hydrogens is 192 g/mol. The molecule has 15 heavy (non-hydrogen) atoms. The van der Waals surface area contributed by atoms with Crippen LogP contribution in [0, 0.1) is 0 Å². The van der Waals surface area contributed by atoms with Gasteiger partial charge in [0.1, 0.15) is 0 Å². The van der Waals surface area contributed by atoms with Gasteiger partial charge in [-0.05, 0) is 39.8 Å². The van der Waals surface area contributed by atoms with Gasteiger partial charge in [-0.3, -0.25) is 0 Å². The predicted octanol–water partition coefficient (Wildman–Crippen LogP) is -0.196. The van der Waals surface area contributed by atoms with E-state index in [1.165, 1.54) is 12.8 Å². The fraction of sp³-hybridized carbons (Fsp3) is 1.00. The molecule has 1 rings (SSSR count). The van der Waals surface area contributed by atoms with Crippen LogP contribution in [0.4, 0.5) is 0 Å². The summed E-state index contributed by atoms with van der Waals surface area (Å²) in [4.78, 5) is 2.29. The first-order valence-electron chi connectivity index (χ1n) is 5.80. The summed E-state index contributed by atoms with van der Waals surface area (Å²) in [5.41, 5.74) is -0.300. The normalized spacial score (nSPS) is 20.8. The summed E-state index contributed by atoms with van der Waals surface area (Å²) >= 11 is 0. The first-order chi connectivity index (χ1) is 7.03. The second-order valence-corrected chi connectivity index (χ2v) is 5.08. The molecule has 0 aromatic heterocycles. The SMILES string of the molecule is CC(C)(CO)NCC(O)CN1CCCC1. The van der Waals surface area contributed by atoms with Gasteiger partial charge in [-0.15, -0.1) is 0 Å². The van der Waals surface area contributed by atoms with Gasteiger partial charge in [0.25, 0.3) is 0 Å². The lowest BCUT2D eigenvalue weighted by atomic mass is 10.1. The van der Waals surface area contributed by atoms with E-state index < -0.39 is 0 Å². The van der Waals surface area contributed by atoms with Crippen LogP contribution in [-0.4, -0.2) is 59.5 Å². The summed E-state index contributed by atoms with van der Waals surface area (Å²) in [7, 11) is 0. The highest BCUT2D eigenvalue weighted by molar-refractivity contribution is 4.79. The molecular formula is C11H24N2O2. The van der Waals surface area contributed by atoms with Crippen LogP contribution in [0.3, 0.4) is 0 Å². The van der Waals surface area contributed by atoms with Crippen LogP contribution in [0.5, 0.6) is 0 Å². The monoisotopic (exact) mass is 216 g/mol. The third-order valence-corrected chi connectivity index (χ3v) is 2.88. The molecule has 0 aromatic rings. The van der Waals surface area contributed by atoms with Crippen molar-refractivity contribution < 1.29 is 10.2 Å². The number of rotatable bonds is 6. The van der Waals surface area contributed by atoms with Crippen molar-refractivity contribution in [3.63, 3.8) is 0 Å². The van der Waals surface area contributed by atoms with Crippen molar-refractivity contribution in [3.8, 4) is 0 Å². The Hall–Kier alpha value is -0.160. The molecule has 0 saturated carbocycles. The van der Waals surface area contributed by atoms with Crippen molar-refractivity contribution in [3.05, 3.63) is 0 Å². The third-order valence-electron chi connectivity index (χ3n) is 2.88. The van der Waals surface area contributed by atoms with E-state index >= 15 is 0 Å². The Morgan fingerprint density at radius 3 is 2.47 bits per heavy atom. The molecule has 0 spiro atoms. The van der Waals surface area contributed by atoms with E-state index in [0.29, 0.717) is 6.54 Å². The Kier molecular flexibility index (Phi) is 4.99. The quantitative estimate of drug-likeness (QED) is 0.576. The minimum atomic E-state index is -0.339. The van der Waals surface area contributed by atoms with Crippen molar-refractivity contribution in [1.82, 2.24) is 10.2 Å². The van der Waals surface area contributed by atoms with Gasteiger partial charge >= 0.3 is 0 Å². The summed E-state index contributed by atoms with van der Waals surface area (Å²) in [6.07, 6.45) is 2.17. The third kappa shape index (κ3) is 4.93. The van der Waals surface area contributed by atoms with Gasteiger partial charge in [0.2, 0.25) is 0 Å². The highest BCUT2D eigenvalue weighted by Gasteiger charge is 2.19. The number of β-amino-alcohol motifs (C(OH)–C–C–N with tert-alkyl or cyclic N) is 1. The zero-order valence-electron chi connectivity index (χ0n) is 9.87. The topological polar surface area (TPSA) is 55.7 Å². The molecule has 1 atom stereocenters. The molecule has 1 heterocycles. The number of nitrogens with one attached hydrogen (secondary N) is 1. The van der Waals surface area contributed by atoms with Crippen LogP contribution in [0.25, 0.3) is 0 Å². The van der Waals surface area contributed by atoms with Crippen LogP contribution < -0.4 is 5.32 Å². The largest absolute Gasteiger partial charge is 0.394 e. The molecule has 0 aromatic carbocycles. The van der Waals surface area contributed by atoms with Crippen LogP contribution in [-0.2, 0) is 0 Å². The number of aliphatic hydroxyl groups excluding tert-OH is 2. The lowest BCUT2D eigenvalue weighted by molar-refractivity contribution is 0.104. The Balaban J connectivity index is 2.15. The number of nitrogens with zero attached hydrogens (tertiary/aromatic N) is 1. The molecule has 0 amide bonds. The molecule has 1 aliphatic rings.